The van der Waals surface area contributed by atoms with Crippen molar-refractivity contribution in [1.29, 1.82) is 0 Å². The van der Waals surface area contributed by atoms with Crippen LogP contribution in [0.1, 0.15) is 43.4 Å². The standard InChI is InChI=1S/C13H22N2/c1-2-3-4-11-5-7-12(8-6-11)13(15)9-10-14/h5-8,13H,2-4,9-10,14-15H2,1H3. The maximum Gasteiger partial charge on any atom is 0.0306 e. The van der Waals surface area contributed by atoms with E-state index in [0.29, 0.717) is 6.54 Å². The van der Waals surface area contributed by atoms with E-state index in [4.69, 9.17) is 11.5 Å². The van der Waals surface area contributed by atoms with E-state index in [0.717, 1.165) is 6.42 Å². The average Bonchev–Trinajstić information content (AvgIpc) is 2.27. The van der Waals surface area contributed by atoms with Gasteiger partial charge in [-0.25, -0.2) is 0 Å². The van der Waals surface area contributed by atoms with Crippen molar-refractivity contribution in [1.82, 2.24) is 0 Å². The van der Waals surface area contributed by atoms with E-state index in [9.17, 15) is 0 Å². The van der Waals surface area contributed by atoms with Gasteiger partial charge in [-0.3, -0.25) is 0 Å². The van der Waals surface area contributed by atoms with Gasteiger partial charge in [-0.05, 0) is 36.9 Å². The van der Waals surface area contributed by atoms with E-state index in [1.807, 2.05) is 0 Å². The first kappa shape index (κ1) is 12.2. The molecule has 1 aromatic carbocycles. The van der Waals surface area contributed by atoms with Crippen molar-refractivity contribution in [2.45, 2.75) is 38.6 Å². The SMILES string of the molecule is CCCCc1ccc(C(N)CCN)cc1. The Kier molecular flexibility index (Phi) is 5.37. The normalized spacial score (nSPS) is 12.7. The zero-order chi connectivity index (χ0) is 11.1. The van der Waals surface area contributed by atoms with Crippen LogP contribution in [0.4, 0.5) is 0 Å². The predicted octanol–water partition coefficient (Wildman–Crippen LogP) is 2.38. The highest BCUT2D eigenvalue weighted by molar-refractivity contribution is 5.24. The number of rotatable bonds is 6. The number of unbranched alkanes of at least 4 members (excludes halogenated alkanes) is 1. The number of hydrogen-bond donors (Lipinski definition) is 2. The minimum Gasteiger partial charge on any atom is -0.330 e. The molecule has 15 heavy (non-hydrogen) atoms. The highest BCUT2D eigenvalue weighted by Gasteiger charge is 2.03. The fourth-order valence-corrected chi connectivity index (χ4v) is 1.66. The largest absolute Gasteiger partial charge is 0.330 e. The van der Waals surface area contributed by atoms with Crippen LogP contribution in [0, 0.1) is 0 Å². The molecule has 4 N–H and O–H groups in total. The molecule has 0 amide bonds. The Bertz CT molecular complexity index is 266. The van der Waals surface area contributed by atoms with Crippen LogP contribution in [-0.4, -0.2) is 6.54 Å². The van der Waals surface area contributed by atoms with Gasteiger partial charge in [-0.1, -0.05) is 37.6 Å². The topological polar surface area (TPSA) is 52.0 Å². The molecule has 0 aliphatic carbocycles. The summed E-state index contributed by atoms with van der Waals surface area (Å²) < 4.78 is 0. The smallest absolute Gasteiger partial charge is 0.0306 e. The maximum absolute atomic E-state index is 5.98. The molecule has 0 aromatic heterocycles. The third kappa shape index (κ3) is 4.02. The van der Waals surface area contributed by atoms with Crippen molar-refractivity contribution in [3.05, 3.63) is 35.4 Å². The van der Waals surface area contributed by atoms with Gasteiger partial charge in [-0.2, -0.15) is 0 Å². The Morgan fingerprint density at radius 2 is 1.87 bits per heavy atom. The summed E-state index contributed by atoms with van der Waals surface area (Å²) in [5, 5.41) is 0. The molecule has 0 saturated carbocycles. The van der Waals surface area contributed by atoms with E-state index in [-0.39, 0.29) is 6.04 Å². The lowest BCUT2D eigenvalue weighted by atomic mass is 10.0. The Morgan fingerprint density at radius 1 is 1.20 bits per heavy atom. The third-order valence-corrected chi connectivity index (χ3v) is 2.70. The molecule has 0 aliphatic rings. The molecular weight excluding hydrogens is 184 g/mol. The number of benzene rings is 1. The minimum atomic E-state index is 0.0928. The molecule has 1 atom stereocenters. The lowest BCUT2D eigenvalue weighted by molar-refractivity contribution is 0.661. The van der Waals surface area contributed by atoms with E-state index in [1.165, 1.54) is 30.4 Å². The Labute approximate surface area is 92.7 Å². The minimum absolute atomic E-state index is 0.0928. The van der Waals surface area contributed by atoms with Gasteiger partial charge in [0.25, 0.3) is 0 Å². The summed E-state index contributed by atoms with van der Waals surface area (Å²) in [6.45, 7) is 2.87. The molecule has 0 radical (unpaired) electrons. The Hall–Kier alpha value is -0.860. The van der Waals surface area contributed by atoms with Crippen molar-refractivity contribution in [2.24, 2.45) is 11.5 Å². The van der Waals surface area contributed by atoms with E-state index in [2.05, 4.69) is 31.2 Å². The van der Waals surface area contributed by atoms with Crippen LogP contribution in [0.3, 0.4) is 0 Å². The predicted molar refractivity (Wildman–Crippen MR) is 65.7 cm³/mol. The van der Waals surface area contributed by atoms with Gasteiger partial charge in [0, 0.05) is 6.04 Å². The summed E-state index contributed by atoms with van der Waals surface area (Å²) in [5.74, 6) is 0. The van der Waals surface area contributed by atoms with Crippen molar-refractivity contribution in [2.75, 3.05) is 6.54 Å². The second-order valence-corrected chi connectivity index (χ2v) is 4.03. The molecule has 0 saturated heterocycles. The average molecular weight is 206 g/mol. The van der Waals surface area contributed by atoms with Crippen LogP contribution < -0.4 is 11.5 Å². The summed E-state index contributed by atoms with van der Waals surface area (Å²) >= 11 is 0. The van der Waals surface area contributed by atoms with E-state index >= 15 is 0 Å². The van der Waals surface area contributed by atoms with Gasteiger partial charge in [0.15, 0.2) is 0 Å². The molecular formula is C13H22N2. The van der Waals surface area contributed by atoms with E-state index < -0.39 is 0 Å². The van der Waals surface area contributed by atoms with Gasteiger partial charge in [0.1, 0.15) is 0 Å². The van der Waals surface area contributed by atoms with Crippen molar-refractivity contribution in [3.63, 3.8) is 0 Å². The second kappa shape index (κ2) is 6.59. The monoisotopic (exact) mass is 206 g/mol. The molecule has 84 valence electrons. The molecule has 0 spiro atoms. The van der Waals surface area contributed by atoms with Crippen LogP contribution in [-0.2, 0) is 6.42 Å². The molecule has 1 aromatic rings. The quantitative estimate of drug-likeness (QED) is 0.751. The molecule has 0 bridgehead atoms. The Balaban J connectivity index is 2.55. The highest BCUT2D eigenvalue weighted by atomic mass is 14.7. The van der Waals surface area contributed by atoms with Crippen molar-refractivity contribution in [3.8, 4) is 0 Å². The Morgan fingerprint density at radius 3 is 2.40 bits per heavy atom. The van der Waals surface area contributed by atoms with Gasteiger partial charge >= 0.3 is 0 Å². The van der Waals surface area contributed by atoms with Crippen molar-refractivity contribution >= 4 is 0 Å². The van der Waals surface area contributed by atoms with Gasteiger partial charge < -0.3 is 11.5 Å². The summed E-state index contributed by atoms with van der Waals surface area (Å²) in [6, 6.07) is 8.72. The molecule has 1 unspecified atom stereocenters. The fourth-order valence-electron chi connectivity index (χ4n) is 1.66. The zero-order valence-electron chi connectivity index (χ0n) is 9.58. The van der Waals surface area contributed by atoms with Crippen molar-refractivity contribution < 1.29 is 0 Å². The molecule has 1 rings (SSSR count). The lowest BCUT2D eigenvalue weighted by Crippen LogP contribution is -2.15. The van der Waals surface area contributed by atoms with Crippen LogP contribution in [0.15, 0.2) is 24.3 Å². The molecule has 0 heterocycles. The zero-order valence-corrected chi connectivity index (χ0v) is 9.58. The van der Waals surface area contributed by atoms with Gasteiger partial charge in [-0.15, -0.1) is 0 Å². The summed E-state index contributed by atoms with van der Waals surface area (Å²) in [4.78, 5) is 0. The van der Waals surface area contributed by atoms with Crippen LogP contribution in [0.25, 0.3) is 0 Å². The molecule has 2 nitrogen and oxygen atoms in total. The molecule has 0 aliphatic heterocycles. The van der Waals surface area contributed by atoms with E-state index in [1.54, 1.807) is 0 Å². The fraction of sp³-hybridized carbons (Fsp3) is 0.538. The van der Waals surface area contributed by atoms with Crippen LogP contribution in [0.5, 0.6) is 0 Å². The van der Waals surface area contributed by atoms with Crippen LogP contribution >= 0.6 is 0 Å². The summed E-state index contributed by atoms with van der Waals surface area (Å²) in [5.41, 5.74) is 14.1. The first-order valence-corrected chi connectivity index (χ1v) is 5.82. The highest BCUT2D eigenvalue weighted by Crippen LogP contribution is 2.15. The summed E-state index contributed by atoms with van der Waals surface area (Å²) in [6.07, 6.45) is 4.53. The number of hydrogen-bond acceptors (Lipinski definition) is 2. The first-order valence-electron chi connectivity index (χ1n) is 5.82. The summed E-state index contributed by atoms with van der Waals surface area (Å²) in [7, 11) is 0. The third-order valence-electron chi connectivity index (χ3n) is 2.70. The lowest BCUT2D eigenvalue weighted by Gasteiger charge is -2.11. The maximum atomic E-state index is 5.98. The number of nitrogens with two attached hydrogens (primary N) is 2. The molecule has 0 fully saturated rings. The van der Waals surface area contributed by atoms with Gasteiger partial charge in [0.2, 0.25) is 0 Å². The van der Waals surface area contributed by atoms with Crippen LogP contribution in [0.2, 0.25) is 0 Å². The first-order chi connectivity index (χ1) is 7.27. The second-order valence-electron chi connectivity index (χ2n) is 4.03. The molecule has 2 heteroatoms. The number of aryl methyl sites for hydroxylation is 1. The van der Waals surface area contributed by atoms with Gasteiger partial charge in [0.05, 0.1) is 0 Å².